The van der Waals surface area contributed by atoms with E-state index in [4.69, 9.17) is 0 Å². The molecule has 2 N–H and O–H groups in total. The summed E-state index contributed by atoms with van der Waals surface area (Å²) in [5, 5.41) is 17.3. The van der Waals surface area contributed by atoms with E-state index in [9.17, 15) is 4.79 Å². The lowest BCUT2D eigenvalue weighted by molar-refractivity contribution is -0.113. The molecule has 6 nitrogen and oxygen atoms in total. The molecule has 136 valence electrons. The van der Waals surface area contributed by atoms with E-state index in [2.05, 4.69) is 57.0 Å². The van der Waals surface area contributed by atoms with Crippen LogP contribution in [0.25, 0.3) is 11.3 Å². The van der Waals surface area contributed by atoms with Gasteiger partial charge in [0, 0.05) is 17.5 Å². The molecule has 0 atom stereocenters. The third kappa shape index (κ3) is 5.03. The van der Waals surface area contributed by atoms with E-state index in [0.717, 1.165) is 33.7 Å². The van der Waals surface area contributed by atoms with E-state index in [1.165, 1.54) is 40.0 Å². The van der Waals surface area contributed by atoms with Crippen LogP contribution in [0.3, 0.4) is 0 Å². The summed E-state index contributed by atoms with van der Waals surface area (Å²) in [4.78, 5) is 16.6. The highest BCUT2D eigenvalue weighted by atomic mass is 32.2. The van der Waals surface area contributed by atoms with E-state index in [-0.39, 0.29) is 11.7 Å². The molecule has 2 aromatic heterocycles. The number of thiazole rings is 1. The van der Waals surface area contributed by atoms with Crippen LogP contribution in [-0.2, 0) is 11.2 Å². The Labute approximate surface area is 164 Å². The van der Waals surface area contributed by atoms with E-state index in [1.54, 1.807) is 0 Å². The quantitative estimate of drug-likeness (QED) is 0.541. The van der Waals surface area contributed by atoms with E-state index in [0.29, 0.717) is 5.13 Å². The maximum Gasteiger partial charge on any atom is 0.236 e. The minimum absolute atomic E-state index is 0.0996. The Morgan fingerprint density at radius 1 is 1.15 bits per heavy atom. The number of rotatable bonds is 8. The largest absolute Gasteiger partial charge is 0.360 e. The SMILES string of the molecule is CCNc1nnc(SCC(=O)Nc2nc(-c3ccc(CC)cc3)cs2)s1. The molecule has 0 unspecified atom stereocenters. The van der Waals surface area contributed by atoms with Gasteiger partial charge in [-0.05, 0) is 18.9 Å². The van der Waals surface area contributed by atoms with Gasteiger partial charge in [-0.15, -0.1) is 21.5 Å². The fourth-order valence-electron chi connectivity index (χ4n) is 2.15. The molecule has 1 amide bonds. The van der Waals surface area contributed by atoms with Gasteiger partial charge in [0.2, 0.25) is 11.0 Å². The Morgan fingerprint density at radius 3 is 2.69 bits per heavy atom. The summed E-state index contributed by atoms with van der Waals surface area (Å²) in [7, 11) is 0. The van der Waals surface area contributed by atoms with Gasteiger partial charge in [0.25, 0.3) is 0 Å². The van der Waals surface area contributed by atoms with Crippen LogP contribution in [-0.4, -0.2) is 33.4 Å². The molecule has 2 heterocycles. The van der Waals surface area contributed by atoms with Gasteiger partial charge in [-0.25, -0.2) is 4.98 Å². The number of carbonyl (C=O) groups excluding carboxylic acids is 1. The van der Waals surface area contributed by atoms with E-state index < -0.39 is 0 Å². The summed E-state index contributed by atoms with van der Waals surface area (Å²) in [6, 6.07) is 8.33. The molecule has 0 saturated carbocycles. The molecule has 9 heteroatoms. The molecule has 0 saturated heterocycles. The Bertz CT molecular complexity index is 859. The van der Waals surface area contributed by atoms with Crippen molar-refractivity contribution in [2.45, 2.75) is 24.6 Å². The number of aromatic nitrogens is 3. The van der Waals surface area contributed by atoms with Crippen molar-refractivity contribution in [3.8, 4) is 11.3 Å². The second-order valence-corrected chi connectivity index (χ2v) is 8.39. The molecule has 0 aliphatic heterocycles. The number of nitrogens with one attached hydrogen (secondary N) is 2. The first-order valence-corrected chi connectivity index (χ1v) is 10.9. The molecular formula is C17H19N5OS3. The van der Waals surface area contributed by atoms with Crippen molar-refractivity contribution in [1.29, 1.82) is 0 Å². The molecule has 0 aliphatic rings. The van der Waals surface area contributed by atoms with Crippen molar-refractivity contribution in [3.63, 3.8) is 0 Å². The number of nitrogens with zero attached hydrogens (tertiary/aromatic N) is 3. The molecule has 0 bridgehead atoms. The van der Waals surface area contributed by atoms with Crippen molar-refractivity contribution in [2.75, 3.05) is 22.9 Å². The van der Waals surface area contributed by atoms with Crippen molar-refractivity contribution in [2.24, 2.45) is 0 Å². The molecule has 0 fully saturated rings. The fraction of sp³-hybridized carbons (Fsp3) is 0.294. The number of thioether (sulfide) groups is 1. The number of amides is 1. The van der Waals surface area contributed by atoms with Crippen LogP contribution in [0, 0.1) is 0 Å². The summed E-state index contributed by atoms with van der Waals surface area (Å²) < 4.78 is 0.770. The van der Waals surface area contributed by atoms with Gasteiger partial charge in [0.05, 0.1) is 11.4 Å². The summed E-state index contributed by atoms with van der Waals surface area (Å²) >= 11 is 4.25. The molecule has 3 rings (SSSR count). The Balaban J connectivity index is 1.53. The maximum atomic E-state index is 12.1. The van der Waals surface area contributed by atoms with Crippen LogP contribution in [0.15, 0.2) is 34.0 Å². The van der Waals surface area contributed by atoms with Gasteiger partial charge in [0.15, 0.2) is 9.47 Å². The van der Waals surface area contributed by atoms with Crippen molar-refractivity contribution < 1.29 is 4.79 Å². The standard InChI is InChI=1S/C17H19N5OS3/c1-3-11-5-7-12(8-6-11)13-9-24-16(19-13)20-14(23)10-25-17-22-21-15(26-17)18-4-2/h5-9H,3-4,10H2,1-2H3,(H,18,21)(H,19,20,23). The lowest BCUT2D eigenvalue weighted by Gasteiger charge is -2.00. The fourth-order valence-corrected chi connectivity index (χ4v) is 4.50. The minimum Gasteiger partial charge on any atom is -0.360 e. The number of benzene rings is 1. The van der Waals surface area contributed by atoms with Crippen LogP contribution in [0.2, 0.25) is 0 Å². The minimum atomic E-state index is -0.0996. The van der Waals surface area contributed by atoms with Crippen LogP contribution >= 0.6 is 34.4 Å². The average Bonchev–Trinajstić information content (AvgIpc) is 3.30. The highest BCUT2D eigenvalue weighted by Gasteiger charge is 2.11. The maximum absolute atomic E-state index is 12.1. The van der Waals surface area contributed by atoms with Gasteiger partial charge < -0.3 is 10.6 Å². The summed E-state index contributed by atoms with van der Waals surface area (Å²) in [6.07, 6.45) is 1.01. The van der Waals surface area contributed by atoms with Crippen molar-refractivity contribution in [1.82, 2.24) is 15.2 Å². The first-order valence-electron chi connectivity index (χ1n) is 8.22. The molecule has 0 aliphatic carbocycles. The first kappa shape index (κ1) is 18.8. The van der Waals surface area contributed by atoms with Gasteiger partial charge in [-0.1, -0.05) is 54.3 Å². The van der Waals surface area contributed by atoms with Crippen LogP contribution in [0.5, 0.6) is 0 Å². The molecular weight excluding hydrogens is 386 g/mol. The predicted octanol–water partition coefficient (Wildman–Crippen LogP) is 4.39. The van der Waals surface area contributed by atoms with Gasteiger partial charge in [0.1, 0.15) is 0 Å². The average molecular weight is 406 g/mol. The number of hydrogen-bond donors (Lipinski definition) is 2. The zero-order valence-electron chi connectivity index (χ0n) is 14.5. The lowest BCUT2D eigenvalue weighted by Crippen LogP contribution is -2.13. The Morgan fingerprint density at radius 2 is 1.96 bits per heavy atom. The van der Waals surface area contributed by atoms with E-state index in [1.807, 2.05) is 12.3 Å². The van der Waals surface area contributed by atoms with Gasteiger partial charge >= 0.3 is 0 Å². The van der Waals surface area contributed by atoms with Crippen LogP contribution in [0.4, 0.5) is 10.3 Å². The lowest BCUT2D eigenvalue weighted by atomic mass is 10.1. The smallest absolute Gasteiger partial charge is 0.236 e. The second kappa shape index (κ2) is 9.11. The molecule has 0 spiro atoms. The molecule has 1 aromatic carbocycles. The normalized spacial score (nSPS) is 10.7. The molecule has 0 radical (unpaired) electrons. The number of carbonyl (C=O) groups is 1. The van der Waals surface area contributed by atoms with Crippen LogP contribution < -0.4 is 10.6 Å². The number of anilines is 2. The second-order valence-electron chi connectivity index (χ2n) is 5.33. The zero-order chi connectivity index (χ0) is 18.4. The summed E-state index contributed by atoms with van der Waals surface area (Å²) in [6.45, 7) is 4.93. The molecule has 3 aromatic rings. The van der Waals surface area contributed by atoms with Crippen molar-refractivity contribution in [3.05, 3.63) is 35.2 Å². The van der Waals surface area contributed by atoms with Gasteiger partial charge in [-0.3, -0.25) is 4.79 Å². The third-order valence-electron chi connectivity index (χ3n) is 3.47. The Kier molecular flexibility index (Phi) is 6.59. The predicted molar refractivity (Wildman–Crippen MR) is 110 cm³/mol. The highest BCUT2D eigenvalue weighted by Crippen LogP contribution is 2.27. The molecule has 26 heavy (non-hydrogen) atoms. The van der Waals surface area contributed by atoms with Crippen LogP contribution in [0.1, 0.15) is 19.4 Å². The monoisotopic (exact) mass is 405 g/mol. The Hall–Kier alpha value is -1.97. The summed E-state index contributed by atoms with van der Waals surface area (Å²) in [5.41, 5.74) is 3.22. The van der Waals surface area contributed by atoms with E-state index >= 15 is 0 Å². The third-order valence-corrected chi connectivity index (χ3v) is 6.24. The van der Waals surface area contributed by atoms with Gasteiger partial charge in [-0.2, -0.15) is 0 Å². The zero-order valence-corrected chi connectivity index (χ0v) is 16.9. The number of hydrogen-bond acceptors (Lipinski definition) is 8. The first-order chi connectivity index (χ1) is 12.7. The highest BCUT2D eigenvalue weighted by molar-refractivity contribution is 8.01. The summed E-state index contributed by atoms with van der Waals surface area (Å²) in [5.74, 6) is 0.179. The van der Waals surface area contributed by atoms with Crippen molar-refractivity contribution >= 4 is 50.6 Å². The number of aryl methyl sites for hydroxylation is 1. The topological polar surface area (TPSA) is 79.8 Å².